The largest absolute Gasteiger partial charge is 0.459 e. The molecule has 0 bridgehead atoms. The van der Waals surface area contributed by atoms with E-state index in [1.807, 2.05) is 27.9 Å². The van der Waals surface area contributed by atoms with Crippen LogP contribution in [-0.4, -0.2) is 121 Å². The standard InChI is InChI=1S/C33H55N3O10S/c1-8-29-33(5,41)28(38)20-36(32(40)34-47(42,43)26-14-12-21(2)13-15-26)16-10-9-11-25(19-27(37)23(4)31(39)46-29)45-30-18-24(35(6)7)17-22(3)44-30/h12-15,22-25,27-30,37-38,41H,8-11,16-20H2,1-7H3,(H,34,40)/t22-,23-,24-,25+,27+,28-,29-,30+,33+/m1/s1. The van der Waals surface area contributed by atoms with E-state index < -0.39 is 70.8 Å². The molecule has 1 aromatic rings. The van der Waals surface area contributed by atoms with Gasteiger partial charge < -0.3 is 39.3 Å². The number of β-amino-alcohol motifs (C(OH)–C–C–N with tert-alkyl or cyclic N) is 1. The maximum atomic E-state index is 13.4. The van der Waals surface area contributed by atoms with Gasteiger partial charge in [-0.05, 0) is 86.0 Å². The van der Waals surface area contributed by atoms with Crippen LogP contribution in [0, 0.1) is 12.8 Å². The van der Waals surface area contributed by atoms with Gasteiger partial charge in [0.05, 0.1) is 35.7 Å². The first kappa shape index (κ1) is 39.1. The molecule has 47 heavy (non-hydrogen) atoms. The first-order chi connectivity index (χ1) is 21.9. The van der Waals surface area contributed by atoms with E-state index in [-0.39, 0.29) is 36.4 Å². The average Bonchev–Trinajstić information content (AvgIpc) is 2.99. The number of aliphatic hydroxyl groups excluding tert-OH is 2. The van der Waals surface area contributed by atoms with Crippen molar-refractivity contribution in [2.24, 2.45) is 5.92 Å². The van der Waals surface area contributed by atoms with Gasteiger partial charge in [0, 0.05) is 25.4 Å². The molecule has 2 aliphatic rings. The highest BCUT2D eigenvalue weighted by Gasteiger charge is 2.43. The molecule has 0 radical (unpaired) electrons. The minimum absolute atomic E-state index is 0.0318. The minimum Gasteiger partial charge on any atom is -0.459 e. The number of rotatable bonds is 6. The number of carbonyl (C=O) groups excluding carboxylic acids is 2. The molecule has 0 unspecified atom stereocenters. The van der Waals surface area contributed by atoms with Crippen LogP contribution in [0.1, 0.15) is 78.2 Å². The van der Waals surface area contributed by atoms with E-state index in [1.165, 1.54) is 19.1 Å². The molecule has 3 rings (SSSR count). The van der Waals surface area contributed by atoms with Crippen LogP contribution < -0.4 is 4.72 Å². The van der Waals surface area contributed by atoms with Gasteiger partial charge in [-0.2, -0.15) is 0 Å². The Balaban J connectivity index is 1.86. The van der Waals surface area contributed by atoms with Gasteiger partial charge in [0.1, 0.15) is 17.8 Å². The number of sulfonamides is 1. The number of aryl methyl sites for hydroxylation is 1. The zero-order valence-electron chi connectivity index (χ0n) is 28.8. The maximum absolute atomic E-state index is 13.4. The fourth-order valence-electron chi connectivity index (χ4n) is 6.05. The Hall–Kier alpha value is -2.33. The number of carbonyl (C=O) groups is 2. The molecule has 268 valence electrons. The molecule has 2 fully saturated rings. The highest BCUT2D eigenvalue weighted by molar-refractivity contribution is 7.90. The quantitative estimate of drug-likeness (QED) is 0.324. The number of cyclic esters (lactones) is 1. The van der Waals surface area contributed by atoms with Gasteiger partial charge in [0.25, 0.3) is 10.0 Å². The predicted molar refractivity (Wildman–Crippen MR) is 175 cm³/mol. The zero-order valence-corrected chi connectivity index (χ0v) is 29.6. The highest BCUT2D eigenvalue weighted by Crippen LogP contribution is 2.29. The Morgan fingerprint density at radius 2 is 1.79 bits per heavy atom. The second-order valence-corrected chi connectivity index (χ2v) is 15.2. The molecular weight excluding hydrogens is 630 g/mol. The summed E-state index contributed by atoms with van der Waals surface area (Å²) in [7, 11) is -0.220. The zero-order chi connectivity index (χ0) is 35.1. The SMILES string of the molecule is CC[C@H]1OC(=O)[C@H](C)[C@@H](O)C[C@@H](O[C@H]2C[C@H](N(C)C)C[C@@H](C)O2)CCCCN(C(=O)NS(=O)(=O)c2ccc(C)cc2)C[C@@H](O)[C@]1(C)O. The fourth-order valence-corrected chi connectivity index (χ4v) is 7.02. The summed E-state index contributed by atoms with van der Waals surface area (Å²) < 4.78 is 46.3. The van der Waals surface area contributed by atoms with Crippen LogP contribution >= 0.6 is 0 Å². The summed E-state index contributed by atoms with van der Waals surface area (Å²) in [5.74, 6) is -1.71. The van der Waals surface area contributed by atoms with Gasteiger partial charge in [-0.25, -0.2) is 17.9 Å². The number of ether oxygens (including phenoxy) is 3. The van der Waals surface area contributed by atoms with Gasteiger partial charge in [0.15, 0.2) is 6.29 Å². The molecular formula is C33H55N3O10S. The van der Waals surface area contributed by atoms with E-state index in [9.17, 15) is 33.3 Å². The Morgan fingerprint density at radius 3 is 2.40 bits per heavy atom. The number of esters is 1. The third-order valence-electron chi connectivity index (χ3n) is 9.37. The number of urea groups is 1. The summed E-state index contributed by atoms with van der Waals surface area (Å²) in [4.78, 5) is 29.8. The Labute approximate surface area is 279 Å². The van der Waals surface area contributed by atoms with Crippen molar-refractivity contribution in [2.45, 2.75) is 133 Å². The van der Waals surface area contributed by atoms with E-state index in [0.29, 0.717) is 25.7 Å². The Morgan fingerprint density at radius 1 is 1.13 bits per heavy atom. The van der Waals surface area contributed by atoms with Gasteiger partial charge >= 0.3 is 12.0 Å². The van der Waals surface area contributed by atoms with Crippen molar-refractivity contribution >= 4 is 22.0 Å². The topological polar surface area (TPSA) is 175 Å². The maximum Gasteiger partial charge on any atom is 0.331 e. The number of benzene rings is 1. The van der Waals surface area contributed by atoms with E-state index in [4.69, 9.17) is 14.2 Å². The molecule has 0 aliphatic carbocycles. The van der Waals surface area contributed by atoms with E-state index >= 15 is 0 Å². The van der Waals surface area contributed by atoms with E-state index in [1.54, 1.807) is 26.0 Å². The number of amides is 2. The molecule has 0 spiro atoms. The van der Waals surface area contributed by atoms with Crippen molar-refractivity contribution in [1.29, 1.82) is 0 Å². The Bertz CT molecular complexity index is 1280. The Kier molecular flexibility index (Phi) is 14.0. The van der Waals surface area contributed by atoms with Crippen molar-refractivity contribution in [1.82, 2.24) is 14.5 Å². The van der Waals surface area contributed by atoms with Crippen LogP contribution in [0.5, 0.6) is 0 Å². The minimum atomic E-state index is -4.23. The summed E-state index contributed by atoms with van der Waals surface area (Å²) in [6, 6.07) is 5.30. The van der Waals surface area contributed by atoms with Gasteiger partial charge in [-0.15, -0.1) is 0 Å². The summed E-state index contributed by atoms with van der Waals surface area (Å²) in [5.41, 5.74) is -1.16. The van der Waals surface area contributed by atoms with Gasteiger partial charge in [-0.3, -0.25) is 4.79 Å². The van der Waals surface area contributed by atoms with Crippen molar-refractivity contribution in [3.63, 3.8) is 0 Å². The highest BCUT2D eigenvalue weighted by atomic mass is 32.2. The lowest BCUT2D eigenvalue weighted by Crippen LogP contribution is -2.57. The van der Waals surface area contributed by atoms with Gasteiger partial charge in [-0.1, -0.05) is 24.6 Å². The monoisotopic (exact) mass is 685 g/mol. The van der Waals surface area contributed by atoms with E-state index in [2.05, 4.69) is 9.62 Å². The van der Waals surface area contributed by atoms with Crippen LogP contribution in [0.25, 0.3) is 0 Å². The lowest BCUT2D eigenvalue weighted by Gasteiger charge is -2.39. The molecule has 2 heterocycles. The fraction of sp³-hybridized carbons (Fsp3) is 0.758. The summed E-state index contributed by atoms with van der Waals surface area (Å²) >= 11 is 0. The molecule has 14 heteroatoms. The van der Waals surface area contributed by atoms with Crippen LogP contribution in [0.3, 0.4) is 0 Å². The smallest absolute Gasteiger partial charge is 0.331 e. The number of aliphatic hydroxyl groups is 3. The molecule has 0 saturated carbocycles. The van der Waals surface area contributed by atoms with Crippen LogP contribution in [0.15, 0.2) is 29.2 Å². The first-order valence-electron chi connectivity index (χ1n) is 16.6. The molecule has 4 N–H and O–H groups in total. The molecule has 2 amide bonds. The molecule has 9 atom stereocenters. The third kappa shape index (κ3) is 10.8. The number of nitrogens with zero attached hydrogens (tertiary/aromatic N) is 2. The van der Waals surface area contributed by atoms with Crippen molar-refractivity contribution in [3.8, 4) is 0 Å². The van der Waals surface area contributed by atoms with Crippen molar-refractivity contribution in [2.75, 3.05) is 27.2 Å². The number of nitrogens with one attached hydrogen (secondary N) is 1. The lowest BCUT2D eigenvalue weighted by atomic mass is 9.89. The molecule has 1 aromatic carbocycles. The normalized spacial score (nSPS) is 33.9. The van der Waals surface area contributed by atoms with Crippen LogP contribution in [0.4, 0.5) is 4.79 Å². The van der Waals surface area contributed by atoms with E-state index in [0.717, 1.165) is 16.9 Å². The first-order valence-corrected chi connectivity index (χ1v) is 18.1. The molecule has 13 nitrogen and oxygen atoms in total. The van der Waals surface area contributed by atoms with Gasteiger partial charge in [0.2, 0.25) is 0 Å². The molecule has 0 aromatic heterocycles. The summed E-state index contributed by atoms with van der Waals surface area (Å²) in [6.07, 6.45) is -1.86. The molecule has 2 aliphatic heterocycles. The van der Waals surface area contributed by atoms with Crippen LogP contribution in [0.2, 0.25) is 0 Å². The second kappa shape index (κ2) is 16.9. The second-order valence-electron chi connectivity index (χ2n) is 13.6. The average molecular weight is 686 g/mol. The lowest BCUT2D eigenvalue weighted by molar-refractivity contribution is -0.227. The van der Waals surface area contributed by atoms with Crippen LogP contribution in [-0.2, 0) is 29.0 Å². The number of hydrogen-bond acceptors (Lipinski definition) is 11. The summed E-state index contributed by atoms with van der Waals surface area (Å²) in [6.45, 7) is 7.92. The van der Waals surface area contributed by atoms with Crippen molar-refractivity contribution < 1.29 is 47.5 Å². The third-order valence-corrected chi connectivity index (χ3v) is 10.7. The van der Waals surface area contributed by atoms with Crippen molar-refractivity contribution in [3.05, 3.63) is 29.8 Å². The molecule has 2 saturated heterocycles. The summed E-state index contributed by atoms with van der Waals surface area (Å²) in [5, 5.41) is 33.7. The predicted octanol–water partition coefficient (Wildman–Crippen LogP) is 2.54. The number of hydrogen-bond donors (Lipinski definition) is 4.